The van der Waals surface area contributed by atoms with E-state index in [9.17, 15) is 4.79 Å². The van der Waals surface area contributed by atoms with Crippen molar-refractivity contribution in [2.75, 3.05) is 7.11 Å². The van der Waals surface area contributed by atoms with E-state index >= 15 is 0 Å². The summed E-state index contributed by atoms with van der Waals surface area (Å²) in [6.45, 7) is 1.97. The first-order chi connectivity index (χ1) is 16.6. The van der Waals surface area contributed by atoms with E-state index in [1.165, 1.54) is 0 Å². The standard InChI is InChI=1S/C28H24N4O2/c1-19(20-9-5-3-6-10-20)29-28(33)26-17-24(22-13-15-23(34-2)16-14-22)30-27-18-25(31-32(26)27)21-11-7-4-8-12-21/h3-19H,1-2H3,(H,29,33). The van der Waals surface area contributed by atoms with Crippen LogP contribution >= 0.6 is 0 Å². The average Bonchev–Trinajstić information content (AvgIpc) is 3.33. The van der Waals surface area contributed by atoms with Crippen molar-refractivity contribution in [3.8, 4) is 28.3 Å². The topological polar surface area (TPSA) is 68.5 Å². The van der Waals surface area contributed by atoms with E-state index in [0.717, 1.165) is 28.1 Å². The van der Waals surface area contributed by atoms with E-state index in [1.54, 1.807) is 17.7 Å². The van der Waals surface area contributed by atoms with Crippen LogP contribution in [0.4, 0.5) is 0 Å². The lowest BCUT2D eigenvalue weighted by atomic mass is 10.1. The summed E-state index contributed by atoms with van der Waals surface area (Å²) in [5.41, 5.74) is 5.34. The van der Waals surface area contributed by atoms with Gasteiger partial charge in [-0.3, -0.25) is 4.79 Å². The first-order valence-electron chi connectivity index (χ1n) is 11.1. The molecule has 0 bridgehead atoms. The van der Waals surface area contributed by atoms with Crippen LogP contribution in [0.3, 0.4) is 0 Å². The summed E-state index contributed by atoms with van der Waals surface area (Å²) in [6.07, 6.45) is 0. The number of amides is 1. The Kier molecular flexibility index (Phi) is 5.79. The molecule has 1 unspecified atom stereocenters. The highest BCUT2D eigenvalue weighted by molar-refractivity contribution is 5.94. The molecule has 2 aromatic heterocycles. The van der Waals surface area contributed by atoms with Gasteiger partial charge in [-0.2, -0.15) is 5.10 Å². The first kappa shape index (κ1) is 21.4. The number of methoxy groups -OCH3 is 1. The fraction of sp³-hybridized carbons (Fsp3) is 0.107. The summed E-state index contributed by atoms with van der Waals surface area (Å²) >= 11 is 0. The summed E-state index contributed by atoms with van der Waals surface area (Å²) < 4.78 is 6.89. The number of aromatic nitrogens is 3. The van der Waals surface area contributed by atoms with Crippen LogP contribution in [0.15, 0.2) is 97.1 Å². The summed E-state index contributed by atoms with van der Waals surface area (Å²) in [6, 6.07) is 30.9. The van der Waals surface area contributed by atoms with Gasteiger partial charge in [0.2, 0.25) is 0 Å². The minimum atomic E-state index is -0.221. The Labute approximate surface area is 197 Å². The Hall–Kier alpha value is -4.45. The maximum atomic E-state index is 13.5. The molecule has 5 aromatic rings. The number of rotatable bonds is 6. The predicted molar refractivity (Wildman–Crippen MR) is 133 cm³/mol. The molecule has 5 rings (SSSR count). The summed E-state index contributed by atoms with van der Waals surface area (Å²) in [4.78, 5) is 18.3. The number of hydrogen-bond acceptors (Lipinski definition) is 4. The zero-order chi connectivity index (χ0) is 23.5. The van der Waals surface area contributed by atoms with Crippen molar-refractivity contribution in [1.82, 2.24) is 19.9 Å². The largest absolute Gasteiger partial charge is 0.497 e. The number of fused-ring (bicyclic) bond motifs is 1. The Morgan fingerprint density at radius 2 is 1.50 bits per heavy atom. The van der Waals surface area contributed by atoms with Gasteiger partial charge in [-0.25, -0.2) is 9.50 Å². The van der Waals surface area contributed by atoms with E-state index in [-0.39, 0.29) is 11.9 Å². The monoisotopic (exact) mass is 448 g/mol. The van der Waals surface area contributed by atoms with Crippen molar-refractivity contribution < 1.29 is 9.53 Å². The maximum Gasteiger partial charge on any atom is 0.270 e. The molecule has 0 saturated heterocycles. The molecule has 168 valence electrons. The molecule has 0 aliphatic rings. The SMILES string of the molecule is COc1ccc(-c2cc(C(=O)NC(C)c3ccccc3)n3nc(-c4ccccc4)cc3n2)cc1. The second kappa shape index (κ2) is 9.19. The van der Waals surface area contributed by atoms with Crippen molar-refractivity contribution in [1.29, 1.82) is 0 Å². The van der Waals surface area contributed by atoms with Gasteiger partial charge in [-0.1, -0.05) is 60.7 Å². The average molecular weight is 449 g/mol. The van der Waals surface area contributed by atoms with Gasteiger partial charge in [-0.15, -0.1) is 0 Å². The van der Waals surface area contributed by atoms with Crippen LogP contribution in [0.25, 0.3) is 28.2 Å². The minimum Gasteiger partial charge on any atom is -0.497 e. The number of ether oxygens (including phenoxy) is 1. The quantitative estimate of drug-likeness (QED) is 0.369. The Bertz CT molecular complexity index is 1430. The van der Waals surface area contributed by atoms with Crippen molar-refractivity contribution in [3.05, 3.63) is 108 Å². The van der Waals surface area contributed by atoms with Crippen molar-refractivity contribution in [2.45, 2.75) is 13.0 Å². The second-order valence-corrected chi connectivity index (χ2v) is 8.03. The van der Waals surface area contributed by atoms with Crippen LogP contribution in [0, 0.1) is 0 Å². The van der Waals surface area contributed by atoms with E-state index in [0.29, 0.717) is 17.0 Å². The zero-order valence-corrected chi connectivity index (χ0v) is 19.0. The Balaban J connectivity index is 1.59. The van der Waals surface area contributed by atoms with Gasteiger partial charge in [-0.05, 0) is 42.8 Å². The summed E-state index contributed by atoms with van der Waals surface area (Å²) in [7, 11) is 1.63. The van der Waals surface area contributed by atoms with E-state index in [4.69, 9.17) is 14.8 Å². The fourth-order valence-electron chi connectivity index (χ4n) is 3.89. The van der Waals surface area contributed by atoms with Crippen LogP contribution in [-0.4, -0.2) is 27.6 Å². The molecule has 2 heterocycles. The second-order valence-electron chi connectivity index (χ2n) is 8.03. The number of nitrogens with zero attached hydrogens (tertiary/aromatic N) is 3. The van der Waals surface area contributed by atoms with E-state index in [2.05, 4.69) is 5.32 Å². The van der Waals surface area contributed by atoms with Crippen molar-refractivity contribution >= 4 is 11.6 Å². The van der Waals surface area contributed by atoms with Crippen LogP contribution < -0.4 is 10.1 Å². The molecule has 0 radical (unpaired) electrons. The van der Waals surface area contributed by atoms with Crippen molar-refractivity contribution in [3.63, 3.8) is 0 Å². The van der Waals surface area contributed by atoms with Crippen LogP contribution in [0.1, 0.15) is 29.0 Å². The molecule has 0 aliphatic heterocycles. The molecule has 6 nitrogen and oxygen atoms in total. The van der Waals surface area contributed by atoms with Crippen molar-refractivity contribution in [2.24, 2.45) is 0 Å². The third-order valence-electron chi connectivity index (χ3n) is 5.76. The van der Waals surface area contributed by atoms with Gasteiger partial charge in [0.15, 0.2) is 5.65 Å². The molecule has 0 fully saturated rings. The number of benzene rings is 3. The van der Waals surface area contributed by atoms with E-state index in [1.807, 2.05) is 97.9 Å². The predicted octanol–water partition coefficient (Wildman–Crippen LogP) is 5.56. The Morgan fingerprint density at radius 1 is 0.853 bits per heavy atom. The highest BCUT2D eigenvalue weighted by atomic mass is 16.5. The van der Waals surface area contributed by atoms with Crippen LogP contribution in [-0.2, 0) is 0 Å². The number of carbonyl (C=O) groups is 1. The molecule has 1 amide bonds. The molecule has 6 heteroatoms. The maximum absolute atomic E-state index is 13.5. The smallest absolute Gasteiger partial charge is 0.270 e. The molecule has 1 N–H and O–H groups in total. The van der Waals surface area contributed by atoms with Crippen LogP contribution in [0.5, 0.6) is 5.75 Å². The zero-order valence-electron chi connectivity index (χ0n) is 19.0. The molecule has 0 spiro atoms. The third kappa shape index (κ3) is 4.26. The highest BCUT2D eigenvalue weighted by Gasteiger charge is 2.19. The van der Waals surface area contributed by atoms with E-state index < -0.39 is 0 Å². The molecule has 34 heavy (non-hydrogen) atoms. The summed E-state index contributed by atoms with van der Waals surface area (Å²) in [5.74, 6) is 0.538. The molecule has 0 saturated carbocycles. The van der Waals surface area contributed by atoms with Gasteiger partial charge in [0, 0.05) is 17.2 Å². The number of nitrogens with one attached hydrogen (secondary N) is 1. The third-order valence-corrected chi connectivity index (χ3v) is 5.76. The number of carbonyl (C=O) groups excluding carboxylic acids is 1. The van der Waals surface area contributed by atoms with Gasteiger partial charge < -0.3 is 10.1 Å². The lowest BCUT2D eigenvalue weighted by molar-refractivity contribution is 0.0932. The number of hydrogen-bond donors (Lipinski definition) is 1. The first-order valence-corrected chi connectivity index (χ1v) is 11.1. The summed E-state index contributed by atoms with van der Waals surface area (Å²) in [5, 5.41) is 7.82. The van der Waals surface area contributed by atoms with Gasteiger partial charge in [0.25, 0.3) is 5.91 Å². The molecule has 0 aliphatic carbocycles. The highest BCUT2D eigenvalue weighted by Crippen LogP contribution is 2.26. The van der Waals surface area contributed by atoms with Crippen LogP contribution in [0.2, 0.25) is 0 Å². The Morgan fingerprint density at radius 3 is 2.18 bits per heavy atom. The molecular weight excluding hydrogens is 424 g/mol. The van der Waals surface area contributed by atoms with Gasteiger partial charge in [0.05, 0.1) is 24.5 Å². The molecule has 3 aromatic carbocycles. The lowest BCUT2D eigenvalue weighted by Crippen LogP contribution is -2.28. The van der Waals surface area contributed by atoms with Gasteiger partial charge >= 0.3 is 0 Å². The normalized spacial score (nSPS) is 11.8. The minimum absolute atomic E-state index is 0.162. The molecular formula is C28H24N4O2. The van der Waals surface area contributed by atoms with Gasteiger partial charge in [0.1, 0.15) is 11.4 Å². The lowest BCUT2D eigenvalue weighted by Gasteiger charge is -2.15. The molecule has 1 atom stereocenters. The fourth-order valence-corrected chi connectivity index (χ4v) is 3.89.